The Kier molecular flexibility index (Phi) is 5.02. The first-order chi connectivity index (χ1) is 9.47. The Bertz CT molecular complexity index is 372. The smallest absolute Gasteiger partial charge is 0.235 e. The molecule has 0 atom stereocenters. The highest BCUT2D eigenvalue weighted by Crippen LogP contribution is 2.35. The molecule has 1 saturated heterocycles. The van der Waals surface area contributed by atoms with Crippen molar-refractivity contribution in [2.75, 3.05) is 20.3 Å². The standard InChI is InChI=1S/C15H26N2O2S/c1-11-3-5-12(6-4-11)17(2)14(18)15(13(16)20)7-9-19-10-8-15/h11-12H,3-10H2,1-2H3,(H2,16,20). The summed E-state index contributed by atoms with van der Waals surface area (Å²) in [5, 5.41) is 0. The van der Waals surface area contributed by atoms with Gasteiger partial charge in [-0.1, -0.05) is 19.1 Å². The number of hydrogen-bond donors (Lipinski definition) is 1. The van der Waals surface area contributed by atoms with E-state index in [1.807, 2.05) is 11.9 Å². The van der Waals surface area contributed by atoms with Crippen LogP contribution in [-0.2, 0) is 9.53 Å². The van der Waals surface area contributed by atoms with E-state index in [0.29, 0.717) is 37.1 Å². The van der Waals surface area contributed by atoms with Crippen molar-refractivity contribution in [3.05, 3.63) is 0 Å². The molecule has 0 aromatic carbocycles. The van der Waals surface area contributed by atoms with E-state index in [4.69, 9.17) is 22.7 Å². The Morgan fingerprint density at radius 1 is 1.25 bits per heavy atom. The average Bonchev–Trinajstić information content (AvgIpc) is 2.47. The molecule has 2 fully saturated rings. The third-order valence-corrected chi connectivity index (χ3v) is 5.47. The van der Waals surface area contributed by atoms with Crippen LogP contribution in [0.4, 0.5) is 0 Å². The lowest BCUT2D eigenvalue weighted by Crippen LogP contribution is -2.54. The molecule has 1 aliphatic heterocycles. The summed E-state index contributed by atoms with van der Waals surface area (Å²) < 4.78 is 5.38. The molecule has 0 spiro atoms. The molecule has 2 aliphatic rings. The summed E-state index contributed by atoms with van der Waals surface area (Å²) in [6.45, 7) is 3.42. The second-order valence-corrected chi connectivity index (χ2v) is 6.83. The van der Waals surface area contributed by atoms with Crippen LogP contribution in [0.3, 0.4) is 0 Å². The second-order valence-electron chi connectivity index (χ2n) is 6.39. The fourth-order valence-corrected chi connectivity index (χ4v) is 3.71. The molecule has 0 aromatic heterocycles. The van der Waals surface area contributed by atoms with E-state index in [1.165, 1.54) is 12.8 Å². The summed E-state index contributed by atoms with van der Waals surface area (Å²) in [6.07, 6.45) is 5.82. The van der Waals surface area contributed by atoms with Crippen LogP contribution in [0.25, 0.3) is 0 Å². The van der Waals surface area contributed by atoms with Gasteiger partial charge in [-0.3, -0.25) is 4.79 Å². The van der Waals surface area contributed by atoms with Gasteiger partial charge in [0.1, 0.15) is 5.41 Å². The molecule has 0 unspecified atom stereocenters. The normalized spacial score (nSPS) is 29.7. The lowest BCUT2D eigenvalue weighted by Gasteiger charge is -2.41. The van der Waals surface area contributed by atoms with Crippen molar-refractivity contribution in [3.8, 4) is 0 Å². The fourth-order valence-electron chi connectivity index (χ4n) is 3.42. The SMILES string of the molecule is CC1CCC(N(C)C(=O)C2(C(N)=S)CCOCC2)CC1. The average molecular weight is 298 g/mol. The van der Waals surface area contributed by atoms with Gasteiger partial charge in [0.05, 0.1) is 4.99 Å². The third-order valence-electron chi connectivity index (χ3n) is 5.08. The van der Waals surface area contributed by atoms with E-state index in [2.05, 4.69) is 6.92 Å². The monoisotopic (exact) mass is 298 g/mol. The van der Waals surface area contributed by atoms with Crippen molar-refractivity contribution < 1.29 is 9.53 Å². The highest BCUT2D eigenvalue weighted by molar-refractivity contribution is 7.80. The molecule has 2 rings (SSSR count). The predicted octanol–water partition coefficient (Wildman–Crippen LogP) is 2.11. The molecule has 4 nitrogen and oxygen atoms in total. The maximum atomic E-state index is 12.9. The minimum atomic E-state index is -0.675. The lowest BCUT2D eigenvalue weighted by molar-refractivity contribution is -0.144. The minimum absolute atomic E-state index is 0.104. The number of nitrogens with two attached hydrogens (primary N) is 1. The zero-order chi connectivity index (χ0) is 14.8. The van der Waals surface area contributed by atoms with Crippen molar-refractivity contribution in [1.29, 1.82) is 0 Å². The first-order valence-corrected chi connectivity index (χ1v) is 8.03. The van der Waals surface area contributed by atoms with Crippen LogP contribution >= 0.6 is 12.2 Å². The number of thiocarbonyl (C=S) groups is 1. The van der Waals surface area contributed by atoms with Crippen molar-refractivity contribution in [1.82, 2.24) is 4.90 Å². The second kappa shape index (κ2) is 6.39. The van der Waals surface area contributed by atoms with Gasteiger partial charge in [0.25, 0.3) is 0 Å². The molecule has 0 aromatic rings. The molecule has 5 heteroatoms. The van der Waals surface area contributed by atoms with Crippen LogP contribution in [0.15, 0.2) is 0 Å². The number of carbonyl (C=O) groups is 1. The lowest BCUT2D eigenvalue weighted by atomic mass is 9.77. The Hall–Kier alpha value is -0.680. The molecule has 1 amide bonds. The molecule has 0 bridgehead atoms. The Morgan fingerprint density at radius 2 is 1.80 bits per heavy atom. The highest BCUT2D eigenvalue weighted by Gasteiger charge is 2.45. The number of ether oxygens (including phenoxy) is 1. The van der Waals surface area contributed by atoms with Crippen LogP contribution in [0.2, 0.25) is 0 Å². The first kappa shape index (κ1) is 15.7. The van der Waals surface area contributed by atoms with Crippen molar-refractivity contribution in [2.24, 2.45) is 17.1 Å². The van der Waals surface area contributed by atoms with Gasteiger partial charge in [-0.25, -0.2) is 0 Å². The van der Waals surface area contributed by atoms with Gasteiger partial charge in [0, 0.05) is 26.3 Å². The van der Waals surface area contributed by atoms with Crippen molar-refractivity contribution >= 4 is 23.1 Å². The third kappa shape index (κ3) is 2.98. The van der Waals surface area contributed by atoms with Crippen molar-refractivity contribution in [2.45, 2.75) is 51.5 Å². The quantitative estimate of drug-likeness (QED) is 0.811. The Labute approximate surface area is 127 Å². The van der Waals surface area contributed by atoms with Gasteiger partial charge in [0.2, 0.25) is 5.91 Å². The van der Waals surface area contributed by atoms with E-state index in [0.717, 1.165) is 18.8 Å². The molecule has 1 aliphatic carbocycles. The maximum absolute atomic E-state index is 12.9. The first-order valence-electron chi connectivity index (χ1n) is 7.62. The van der Waals surface area contributed by atoms with Gasteiger partial charge in [0.15, 0.2) is 0 Å². The molecular weight excluding hydrogens is 272 g/mol. The van der Waals surface area contributed by atoms with Crippen LogP contribution in [0.1, 0.15) is 45.4 Å². The van der Waals surface area contributed by atoms with Crippen LogP contribution in [0, 0.1) is 11.3 Å². The molecule has 114 valence electrons. The molecule has 1 heterocycles. The zero-order valence-corrected chi connectivity index (χ0v) is 13.4. The molecule has 20 heavy (non-hydrogen) atoms. The topological polar surface area (TPSA) is 55.6 Å². The summed E-state index contributed by atoms with van der Waals surface area (Å²) in [5.41, 5.74) is 5.25. The summed E-state index contributed by atoms with van der Waals surface area (Å²) in [7, 11) is 1.92. The summed E-state index contributed by atoms with van der Waals surface area (Å²) >= 11 is 5.22. The predicted molar refractivity (Wildman–Crippen MR) is 83.5 cm³/mol. The Morgan fingerprint density at radius 3 is 2.30 bits per heavy atom. The number of hydrogen-bond acceptors (Lipinski definition) is 3. The van der Waals surface area contributed by atoms with Gasteiger partial charge in [-0.05, 0) is 44.4 Å². The van der Waals surface area contributed by atoms with Gasteiger partial charge in [-0.15, -0.1) is 0 Å². The van der Waals surface area contributed by atoms with Gasteiger partial charge >= 0.3 is 0 Å². The number of rotatable bonds is 3. The molecule has 1 saturated carbocycles. The summed E-state index contributed by atoms with van der Waals surface area (Å²) in [6, 6.07) is 0.341. The Balaban J connectivity index is 2.09. The largest absolute Gasteiger partial charge is 0.392 e. The summed E-state index contributed by atoms with van der Waals surface area (Å²) in [4.78, 5) is 15.2. The number of carbonyl (C=O) groups excluding carboxylic acids is 1. The van der Waals surface area contributed by atoms with E-state index < -0.39 is 5.41 Å². The van der Waals surface area contributed by atoms with Crippen LogP contribution in [0.5, 0.6) is 0 Å². The fraction of sp³-hybridized carbons (Fsp3) is 0.867. The van der Waals surface area contributed by atoms with E-state index >= 15 is 0 Å². The molecule has 2 N–H and O–H groups in total. The van der Waals surface area contributed by atoms with E-state index in [1.54, 1.807) is 0 Å². The van der Waals surface area contributed by atoms with Gasteiger partial charge in [-0.2, -0.15) is 0 Å². The number of nitrogens with zero attached hydrogens (tertiary/aromatic N) is 1. The van der Waals surface area contributed by atoms with E-state index in [-0.39, 0.29) is 5.91 Å². The number of amides is 1. The van der Waals surface area contributed by atoms with Gasteiger partial charge < -0.3 is 15.4 Å². The zero-order valence-electron chi connectivity index (χ0n) is 12.6. The summed E-state index contributed by atoms with van der Waals surface area (Å²) in [5.74, 6) is 0.884. The van der Waals surface area contributed by atoms with Crippen molar-refractivity contribution in [3.63, 3.8) is 0 Å². The maximum Gasteiger partial charge on any atom is 0.235 e. The van der Waals surface area contributed by atoms with Crippen LogP contribution in [-0.4, -0.2) is 42.1 Å². The minimum Gasteiger partial charge on any atom is -0.392 e. The highest BCUT2D eigenvalue weighted by atomic mass is 32.1. The van der Waals surface area contributed by atoms with E-state index in [9.17, 15) is 4.79 Å². The molecular formula is C15H26N2O2S. The molecule has 0 radical (unpaired) electrons. The van der Waals surface area contributed by atoms with Crippen LogP contribution < -0.4 is 5.73 Å².